The number of aromatic nitrogens is 1. The lowest BCUT2D eigenvalue weighted by Gasteiger charge is -2.27. The molecule has 2 aliphatic rings. The van der Waals surface area contributed by atoms with Crippen molar-refractivity contribution in [2.24, 2.45) is 0 Å². The van der Waals surface area contributed by atoms with Crippen LogP contribution in [-0.2, 0) is 24.2 Å². The third-order valence-electron chi connectivity index (χ3n) is 7.32. The monoisotopic (exact) mass is 551 g/mol. The Labute approximate surface area is 230 Å². The normalized spacial score (nSPS) is 15.2. The lowest BCUT2D eigenvalue weighted by Crippen LogP contribution is -2.37. The number of fused-ring (bicyclic) bond motifs is 1. The van der Waals surface area contributed by atoms with Gasteiger partial charge in [0.25, 0.3) is 5.56 Å². The number of amides is 2. The van der Waals surface area contributed by atoms with Crippen LogP contribution >= 0.6 is 11.6 Å². The van der Waals surface area contributed by atoms with Gasteiger partial charge < -0.3 is 30.2 Å². The van der Waals surface area contributed by atoms with Crippen molar-refractivity contribution >= 4 is 29.3 Å². The molecule has 9 nitrogen and oxygen atoms in total. The van der Waals surface area contributed by atoms with Gasteiger partial charge in [0.15, 0.2) is 5.69 Å². The van der Waals surface area contributed by atoms with Crippen LogP contribution in [0.1, 0.15) is 60.5 Å². The number of halogens is 1. The Balaban J connectivity index is 1.40. The molecule has 1 heterocycles. The maximum atomic E-state index is 13.5. The highest BCUT2D eigenvalue weighted by Gasteiger charge is 2.27. The van der Waals surface area contributed by atoms with Crippen molar-refractivity contribution in [1.82, 2.24) is 9.88 Å². The number of nitrogens with zero attached hydrogens (tertiary/aromatic N) is 1. The molecular formula is C29H30ClN3O6. The first kappa shape index (κ1) is 26.6. The number of anilines is 1. The quantitative estimate of drug-likeness (QED) is 0.296. The van der Waals surface area contributed by atoms with Crippen molar-refractivity contribution in [3.05, 3.63) is 86.3 Å². The molecule has 0 bridgehead atoms. The Kier molecular flexibility index (Phi) is 7.79. The summed E-state index contributed by atoms with van der Waals surface area (Å²) in [6, 6.07) is 12.5. The molecular weight excluding hydrogens is 522 g/mol. The maximum absolute atomic E-state index is 13.5. The number of aliphatic carboxylic acids is 1. The molecule has 5 rings (SSSR count). The van der Waals surface area contributed by atoms with Gasteiger partial charge in [-0.05, 0) is 67.9 Å². The number of rotatable bonds is 9. The number of carboxylic acid groups (broad SMARTS) is 1. The molecule has 1 aromatic heterocycles. The Hall–Kier alpha value is -3.98. The van der Waals surface area contributed by atoms with Crippen LogP contribution in [0.15, 0.2) is 53.3 Å². The molecule has 2 amide bonds. The zero-order chi connectivity index (χ0) is 27.5. The highest BCUT2D eigenvalue weighted by atomic mass is 35.5. The Morgan fingerprint density at radius 3 is 2.62 bits per heavy atom. The predicted octanol–water partition coefficient (Wildman–Crippen LogP) is 5.01. The van der Waals surface area contributed by atoms with Crippen molar-refractivity contribution in [1.29, 1.82) is 0 Å². The molecule has 3 aromatic rings. The van der Waals surface area contributed by atoms with Crippen LogP contribution < -0.4 is 20.9 Å². The summed E-state index contributed by atoms with van der Waals surface area (Å²) in [5.74, 6) is -0.759. The minimum atomic E-state index is -1.10. The Morgan fingerprint density at radius 2 is 1.90 bits per heavy atom. The van der Waals surface area contributed by atoms with Crippen molar-refractivity contribution in [3.63, 3.8) is 0 Å². The summed E-state index contributed by atoms with van der Waals surface area (Å²) in [4.78, 5) is 38.2. The number of carboxylic acids is 1. The first-order valence-corrected chi connectivity index (χ1v) is 13.4. The number of ether oxygens (including phenoxy) is 1. The van der Waals surface area contributed by atoms with Crippen LogP contribution in [0.3, 0.4) is 0 Å². The molecule has 4 N–H and O–H groups in total. The predicted molar refractivity (Wildman–Crippen MR) is 147 cm³/mol. The first-order chi connectivity index (χ1) is 18.8. The number of hydrogen-bond donors (Lipinski definition) is 4. The molecule has 0 aliphatic heterocycles. The highest BCUT2D eigenvalue weighted by Crippen LogP contribution is 2.34. The zero-order valence-electron chi connectivity index (χ0n) is 21.3. The van der Waals surface area contributed by atoms with E-state index in [0.29, 0.717) is 34.7 Å². The molecule has 1 saturated carbocycles. The third kappa shape index (κ3) is 5.88. The van der Waals surface area contributed by atoms with Crippen molar-refractivity contribution in [3.8, 4) is 11.5 Å². The second-order valence-electron chi connectivity index (χ2n) is 9.98. The minimum Gasteiger partial charge on any atom is -0.505 e. The molecule has 0 saturated heterocycles. The minimum absolute atomic E-state index is 0.144. The largest absolute Gasteiger partial charge is 0.505 e. The third-order valence-corrected chi connectivity index (χ3v) is 7.69. The van der Waals surface area contributed by atoms with E-state index < -0.39 is 23.6 Å². The molecule has 204 valence electrons. The van der Waals surface area contributed by atoms with Crippen LogP contribution in [0, 0.1) is 0 Å². The Bertz CT molecular complexity index is 1470. The van der Waals surface area contributed by atoms with Gasteiger partial charge in [0.2, 0.25) is 0 Å². The maximum Gasteiger partial charge on any atom is 0.319 e. The fourth-order valence-corrected chi connectivity index (χ4v) is 5.28. The fourth-order valence-electron chi connectivity index (χ4n) is 5.09. The first-order valence-electron chi connectivity index (χ1n) is 13.1. The highest BCUT2D eigenvalue weighted by molar-refractivity contribution is 6.31. The molecule has 2 aliphatic carbocycles. The second kappa shape index (κ2) is 11.4. The van der Waals surface area contributed by atoms with Crippen LogP contribution in [-0.4, -0.2) is 32.9 Å². The van der Waals surface area contributed by atoms with Crippen molar-refractivity contribution < 1.29 is 24.5 Å². The van der Waals surface area contributed by atoms with E-state index in [1.165, 1.54) is 4.57 Å². The van der Waals surface area contributed by atoms with Crippen molar-refractivity contribution in [2.45, 2.75) is 63.6 Å². The van der Waals surface area contributed by atoms with Crippen LogP contribution in [0.25, 0.3) is 0 Å². The van der Waals surface area contributed by atoms with Crippen LogP contribution in [0.4, 0.5) is 10.5 Å². The number of urea groups is 1. The molecule has 1 atom stereocenters. The van der Waals surface area contributed by atoms with E-state index >= 15 is 0 Å². The molecule has 39 heavy (non-hydrogen) atoms. The standard InChI is InChI=1S/C29H30ClN3O6/c30-22-12-2-1-6-18(22)16-33-24-13-5-11-21(24)27(36)26(28(33)37)32-29(38)31-23(15-25(34)35)17-7-3-10-20(14-17)39-19-8-4-9-19/h1-3,6-7,10,12,14,19,23,36H,4-5,8-9,11,13,15-16H2,(H,34,35)(H2,31,32,38)/t23-/m0/s1. The van der Waals surface area contributed by atoms with E-state index in [4.69, 9.17) is 16.3 Å². The number of hydrogen-bond acceptors (Lipinski definition) is 5. The zero-order valence-corrected chi connectivity index (χ0v) is 22.0. The number of carbonyl (C=O) groups excluding carboxylic acids is 1. The fraction of sp³-hybridized carbons (Fsp3) is 0.345. The summed E-state index contributed by atoms with van der Waals surface area (Å²) in [6.45, 7) is 0.187. The lowest BCUT2D eigenvalue weighted by atomic mass is 9.96. The van der Waals surface area contributed by atoms with Gasteiger partial charge in [-0.2, -0.15) is 0 Å². The molecule has 2 aromatic carbocycles. The average Bonchev–Trinajstić information content (AvgIpc) is 3.37. The number of aromatic hydroxyl groups is 1. The Morgan fingerprint density at radius 1 is 1.10 bits per heavy atom. The van der Waals surface area contributed by atoms with Crippen molar-refractivity contribution in [2.75, 3.05) is 5.32 Å². The summed E-state index contributed by atoms with van der Waals surface area (Å²) >= 11 is 6.34. The molecule has 0 unspecified atom stereocenters. The van der Waals surface area contributed by atoms with E-state index in [9.17, 15) is 24.6 Å². The van der Waals surface area contributed by atoms with Crippen LogP contribution in [0.2, 0.25) is 5.02 Å². The van der Waals surface area contributed by atoms with E-state index in [-0.39, 0.29) is 30.5 Å². The number of carbonyl (C=O) groups is 2. The molecule has 0 spiro atoms. The average molecular weight is 552 g/mol. The van der Waals surface area contributed by atoms with Gasteiger partial charge in [0.05, 0.1) is 25.1 Å². The summed E-state index contributed by atoms with van der Waals surface area (Å²) in [6.07, 6.45) is 4.77. The summed E-state index contributed by atoms with van der Waals surface area (Å²) < 4.78 is 7.47. The lowest BCUT2D eigenvalue weighted by molar-refractivity contribution is -0.137. The molecule has 0 radical (unpaired) electrons. The second-order valence-corrected chi connectivity index (χ2v) is 10.4. The number of pyridine rings is 1. The van der Waals surface area contributed by atoms with Gasteiger partial charge in [-0.3, -0.25) is 9.59 Å². The molecule has 10 heteroatoms. The number of benzene rings is 2. The van der Waals surface area contributed by atoms with E-state index in [2.05, 4.69) is 10.6 Å². The number of nitrogens with one attached hydrogen (secondary N) is 2. The van der Waals surface area contributed by atoms with E-state index in [0.717, 1.165) is 36.9 Å². The summed E-state index contributed by atoms with van der Waals surface area (Å²) in [5.41, 5.74) is 1.81. The van der Waals surface area contributed by atoms with Gasteiger partial charge in [-0.1, -0.05) is 41.9 Å². The summed E-state index contributed by atoms with van der Waals surface area (Å²) in [7, 11) is 0. The van der Waals surface area contributed by atoms with Gasteiger partial charge in [-0.15, -0.1) is 0 Å². The molecule has 1 fully saturated rings. The summed E-state index contributed by atoms with van der Waals surface area (Å²) in [5, 5.41) is 26.1. The van der Waals surface area contributed by atoms with Gasteiger partial charge in [-0.25, -0.2) is 4.79 Å². The smallest absolute Gasteiger partial charge is 0.319 e. The van der Waals surface area contributed by atoms with E-state index in [1.54, 1.807) is 36.4 Å². The van der Waals surface area contributed by atoms with Gasteiger partial charge in [0, 0.05) is 16.3 Å². The topological polar surface area (TPSA) is 130 Å². The SMILES string of the molecule is O=C(O)C[C@H](NC(=O)Nc1c(O)c2c(n(Cc3ccccc3Cl)c1=O)CCC2)c1cccc(OC2CCC2)c1. The van der Waals surface area contributed by atoms with Gasteiger partial charge >= 0.3 is 12.0 Å². The van der Waals surface area contributed by atoms with E-state index in [1.807, 2.05) is 12.1 Å². The van der Waals surface area contributed by atoms with Gasteiger partial charge in [0.1, 0.15) is 11.5 Å². The van der Waals surface area contributed by atoms with Crippen LogP contribution in [0.5, 0.6) is 11.5 Å².